The molecule has 0 amide bonds. The van der Waals surface area contributed by atoms with Crippen molar-refractivity contribution in [1.82, 2.24) is 20.3 Å². The molecule has 1 unspecified atom stereocenters. The number of hydrogen-bond acceptors (Lipinski definition) is 3. The molecule has 18 heavy (non-hydrogen) atoms. The molecule has 4 nitrogen and oxygen atoms in total. The van der Waals surface area contributed by atoms with Crippen LogP contribution in [0.25, 0.3) is 0 Å². The number of halogens is 1. The van der Waals surface area contributed by atoms with Crippen LogP contribution in [0.4, 0.5) is 0 Å². The van der Waals surface area contributed by atoms with E-state index in [9.17, 15) is 0 Å². The molecule has 0 fully saturated rings. The van der Waals surface area contributed by atoms with E-state index in [1.807, 2.05) is 11.7 Å². The average molecular weight is 317 g/mol. The summed E-state index contributed by atoms with van der Waals surface area (Å²) in [6.45, 7) is 10.0. The molecule has 0 saturated heterocycles. The lowest BCUT2D eigenvalue weighted by molar-refractivity contribution is 0.326. The van der Waals surface area contributed by atoms with Crippen molar-refractivity contribution in [1.29, 1.82) is 0 Å². The van der Waals surface area contributed by atoms with Gasteiger partial charge in [-0.2, -0.15) is 0 Å². The van der Waals surface area contributed by atoms with Crippen LogP contribution in [0.2, 0.25) is 0 Å². The summed E-state index contributed by atoms with van der Waals surface area (Å²) in [5, 5.41) is 11.7. The Morgan fingerprint density at radius 1 is 1.39 bits per heavy atom. The van der Waals surface area contributed by atoms with E-state index < -0.39 is 0 Å². The lowest BCUT2D eigenvalue weighted by Crippen LogP contribution is -2.26. The van der Waals surface area contributed by atoms with Gasteiger partial charge in [0.25, 0.3) is 0 Å². The maximum Gasteiger partial charge on any atom is 0.153 e. The molecule has 0 bridgehead atoms. The van der Waals surface area contributed by atoms with Gasteiger partial charge in [0.15, 0.2) is 4.60 Å². The first-order chi connectivity index (χ1) is 8.35. The molecule has 0 aliphatic rings. The van der Waals surface area contributed by atoms with E-state index >= 15 is 0 Å². The number of hydrogen-bond donors (Lipinski definition) is 1. The number of rotatable bonds is 6. The third kappa shape index (κ3) is 4.69. The second-order valence-electron chi connectivity index (χ2n) is 6.00. The van der Waals surface area contributed by atoms with Gasteiger partial charge >= 0.3 is 0 Å². The van der Waals surface area contributed by atoms with Crippen molar-refractivity contribution >= 4 is 15.9 Å². The lowest BCUT2D eigenvalue weighted by atomic mass is 9.88. The summed E-state index contributed by atoms with van der Waals surface area (Å²) >= 11 is 3.50. The van der Waals surface area contributed by atoms with Crippen molar-refractivity contribution in [2.75, 3.05) is 6.54 Å². The first kappa shape index (κ1) is 15.6. The Morgan fingerprint density at radius 3 is 2.50 bits per heavy atom. The van der Waals surface area contributed by atoms with Crippen LogP contribution in [0.3, 0.4) is 0 Å². The normalized spacial score (nSPS) is 13.9. The molecule has 1 atom stereocenters. The van der Waals surface area contributed by atoms with Crippen LogP contribution in [-0.2, 0) is 7.05 Å². The number of nitrogens with one attached hydrogen (secondary N) is 1. The Bertz CT molecular complexity index is 348. The van der Waals surface area contributed by atoms with Crippen molar-refractivity contribution in [3.05, 3.63) is 10.3 Å². The van der Waals surface area contributed by atoms with Gasteiger partial charge in [-0.25, -0.2) is 4.68 Å². The second kappa shape index (κ2) is 6.66. The van der Waals surface area contributed by atoms with Gasteiger partial charge in [-0.05, 0) is 47.2 Å². The molecule has 104 valence electrons. The molecule has 1 rings (SSSR count). The maximum atomic E-state index is 4.08. The molecule has 1 aromatic rings. The second-order valence-corrected chi connectivity index (χ2v) is 6.75. The van der Waals surface area contributed by atoms with Crippen molar-refractivity contribution in [2.24, 2.45) is 12.5 Å². The Morgan fingerprint density at radius 2 is 2.06 bits per heavy atom. The Balaban J connectivity index is 2.78. The van der Waals surface area contributed by atoms with Crippen molar-refractivity contribution in [3.8, 4) is 0 Å². The van der Waals surface area contributed by atoms with Crippen molar-refractivity contribution < 1.29 is 0 Å². The Kier molecular flexibility index (Phi) is 5.79. The zero-order valence-electron chi connectivity index (χ0n) is 12.1. The van der Waals surface area contributed by atoms with Crippen LogP contribution < -0.4 is 5.32 Å². The third-order valence-electron chi connectivity index (χ3n) is 2.98. The van der Waals surface area contributed by atoms with Gasteiger partial charge in [-0.3, -0.25) is 0 Å². The number of aromatic nitrogens is 3. The lowest BCUT2D eigenvalue weighted by Gasteiger charge is -2.24. The summed E-state index contributed by atoms with van der Waals surface area (Å²) in [6, 6.07) is 0.318. The molecule has 1 N–H and O–H groups in total. The summed E-state index contributed by atoms with van der Waals surface area (Å²) in [6.07, 6.45) is 3.41. The van der Waals surface area contributed by atoms with E-state index in [0.717, 1.165) is 29.7 Å². The Hall–Kier alpha value is -0.420. The molecular formula is C13H25BrN4. The molecule has 1 heterocycles. The van der Waals surface area contributed by atoms with Crippen LogP contribution in [-0.4, -0.2) is 21.5 Å². The molecule has 0 aliphatic carbocycles. The fraction of sp³-hybridized carbons (Fsp3) is 0.846. The quantitative estimate of drug-likeness (QED) is 0.874. The van der Waals surface area contributed by atoms with E-state index in [1.54, 1.807) is 0 Å². The molecule has 0 radical (unpaired) electrons. The minimum absolute atomic E-state index is 0.318. The summed E-state index contributed by atoms with van der Waals surface area (Å²) in [4.78, 5) is 0. The Labute approximate surface area is 119 Å². The fourth-order valence-electron chi connectivity index (χ4n) is 1.94. The van der Waals surface area contributed by atoms with Crippen LogP contribution in [0.15, 0.2) is 4.60 Å². The van der Waals surface area contributed by atoms with Crippen LogP contribution in [0, 0.1) is 5.41 Å². The highest BCUT2D eigenvalue weighted by atomic mass is 79.9. The highest BCUT2D eigenvalue weighted by Gasteiger charge is 2.22. The monoisotopic (exact) mass is 316 g/mol. The summed E-state index contributed by atoms with van der Waals surface area (Å²) < 4.78 is 2.72. The highest BCUT2D eigenvalue weighted by Crippen LogP contribution is 2.29. The molecule has 0 saturated carbocycles. The predicted molar refractivity (Wildman–Crippen MR) is 78.4 cm³/mol. The zero-order chi connectivity index (χ0) is 13.8. The topological polar surface area (TPSA) is 42.7 Å². The van der Waals surface area contributed by atoms with Crippen molar-refractivity contribution in [3.63, 3.8) is 0 Å². The zero-order valence-corrected chi connectivity index (χ0v) is 13.7. The maximum absolute atomic E-state index is 4.08. The number of nitrogens with zero attached hydrogens (tertiary/aromatic N) is 3. The van der Waals surface area contributed by atoms with E-state index in [-0.39, 0.29) is 0 Å². The van der Waals surface area contributed by atoms with Gasteiger partial charge in [-0.15, -0.1) is 5.10 Å². The van der Waals surface area contributed by atoms with Crippen molar-refractivity contribution in [2.45, 2.75) is 53.0 Å². The number of aryl methyl sites for hydroxylation is 1. The predicted octanol–water partition coefficient (Wildman–Crippen LogP) is 3.44. The van der Waals surface area contributed by atoms with E-state index in [0.29, 0.717) is 11.5 Å². The van der Waals surface area contributed by atoms with Gasteiger partial charge in [0.2, 0.25) is 0 Å². The largest absolute Gasteiger partial charge is 0.309 e. The minimum atomic E-state index is 0.318. The van der Waals surface area contributed by atoms with E-state index in [4.69, 9.17) is 0 Å². The van der Waals surface area contributed by atoms with Gasteiger partial charge in [0.05, 0.1) is 11.7 Å². The molecule has 1 aromatic heterocycles. The van der Waals surface area contributed by atoms with Gasteiger partial charge in [0, 0.05) is 7.05 Å². The smallest absolute Gasteiger partial charge is 0.153 e. The van der Waals surface area contributed by atoms with Crippen LogP contribution in [0.1, 0.15) is 58.7 Å². The van der Waals surface area contributed by atoms with Gasteiger partial charge in [0.1, 0.15) is 0 Å². The fourth-order valence-corrected chi connectivity index (χ4v) is 2.54. The van der Waals surface area contributed by atoms with Gasteiger partial charge in [-0.1, -0.05) is 32.9 Å². The molecule has 0 aromatic carbocycles. The molecule has 0 spiro atoms. The molecule has 0 aliphatic heterocycles. The first-order valence-corrected chi connectivity index (χ1v) is 7.43. The first-order valence-electron chi connectivity index (χ1n) is 6.63. The summed E-state index contributed by atoms with van der Waals surface area (Å²) in [5.74, 6) is 0. The summed E-state index contributed by atoms with van der Waals surface area (Å²) in [5.41, 5.74) is 1.50. The SMILES string of the molecule is CCCNC(CCC(C)(C)C)c1c(Br)nnn1C. The third-order valence-corrected chi connectivity index (χ3v) is 3.55. The van der Waals surface area contributed by atoms with E-state index in [2.05, 4.69) is 59.3 Å². The van der Waals surface area contributed by atoms with Gasteiger partial charge < -0.3 is 5.32 Å². The highest BCUT2D eigenvalue weighted by molar-refractivity contribution is 9.10. The van der Waals surface area contributed by atoms with Crippen LogP contribution in [0.5, 0.6) is 0 Å². The standard InChI is InChI=1S/C13H25BrN4/c1-6-9-15-10(7-8-13(2,3)4)11-12(14)16-17-18(11)5/h10,15H,6-9H2,1-5H3. The molecular weight excluding hydrogens is 292 g/mol. The minimum Gasteiger partial charge on any atom is -0.309 e. The average Bonchev–Trinajstić information content (AvgIpc) is 2.59. The molecule has 5 heteroatoms. The summed E-state index contributed by atoms with van der Waals surface area (Å²) in [7, 11) is 1.95. The van der Waals surface area contributed by atoms with E-state index in [1.165, 1.54) is 6.42 Å². The van der Waals surface area contributed by atoms with Crippen LogP contribution >= 0.6 is 15.9 Å².